The molecule has 2 heterocycles. The Labute approximate surface area is 197 Å². The predicted molar refractivity (Wildman–Crippen MR) is 122 cm³/mol. The Morgan fingerprint density at radius 1 is 1.06 bits per heavy atom. The number of benzene rings is 2. The first kappa shape index (κ1) is 23.7. The largest absolute Gasteiger partial charge is 0.340 e. The van der Waals surface area contributed by atoms with E-state index in [-0.39, 0.29) is 60.4 Å². The molecule has 176 valence electrons. The van der Waals surface area contributed by atoms with E-state index >= 15 is 0 Å². The molecule has 2 aromatic carbocycles. The third-order valence-electron chi connectivity index (χ3n) is 6.30. The summed E-state index contributed by atoms with van der Waals surface area (Å²) in [5.41, 5.74) is 2.13. The van der Waals surface area contributed by atoms with E-state index in [4.69, 9.17) is 11.6 Å². The van der Waals surface area contributed by atoms with Crippen LogP contribution in [0.25, 0.3) is 0 Å². The van der Waals surface area contributed by atoms with Crippen LogP contribution in [0.4, 0.5) is 4.39 Å². The molecule has 10 heteroatoms. The summed E-state index contributed by atoms with van der Waals surface area (Å²) < 4.78 is 40.5. The number of carbonyl (C=O) groups is 2. The summed E-state index contributed by atoms with van der Waals surface area (Å²) in [6, 6.07) is 10.8. The summed E-state index contributed by atoms with van der Waals surface area (Å²) in [6.07, 6.45) is 0.904. The highest BCUT2D eigenvalue weighted by molar-refractivity contribution is 7.89. The summed E-state index contributed by atoms with van der Waals surface area (Å²) in [5.74, 6) is -0.879. The molecule has 0 spiro atoms. The Balaban J connectivity index is 1.44. The van der Waals surface area contributed by atoms with Crippen molar-refractivity contribution in [3.63, 3.8) is 0 Å². The number of piperazine rings is 1. The highest BCUT2D eigenvalue weighted by Gasteiger charge is 2.34. The van der Waals surface area contributed by atoms with Crippen LogP contribution in [-0.4, -0.2) is 67.1 Å². The third-order valence-corrected chi connectivity index (χ3v) is 8.49. The number of sulfonamides is 1. The van der Waals surface area contributed by atoms with E-state index in [1.54, 1.807) is 9.80 Å². The van der Waals surface area contributed by atoms with E-state index in [9.17, 15) is 22.4 Å². The average Bonchev–Trinajstić information content (AvgIpc) is 2.80. The SMILES string of the molecule is CC(=O)N1CCc2ccccc2C1CC(=O)N1CCN(S(=O)(=O)c2ccc(F)c(Cl)c2)CC1. The summed E-state index contributed by atoms with van der Waals surface area (Å²) in [6.45, 7) is 2.80. The quantitative estimate of drug-likeness (QED) is 0.656. The standard InChI is InChI=1S/C23H25ClFN3O4S/c1-16(29)28-9-8-17-4-2-3-5-19(17)22(28)15-23(30)26-10-12-27(13-11-26)33(31,32)18-6-7-21(25)20(24)14-18/h2-7,14,22H,8-13,15H2,1H3. The molecule has 1 saturated heterocycles. The fourth-order valence-corrected chi connectivity index (χ4v) is 6.20. The normalized spacial score (nSPS) is 19.3. The molecule has 2 amide bonds. The molecular formula is C23H25ClFN3O4S. The van der Waals surface area contributed by atoms with E-state index in [2.05, 4.69) is 0 Å². The van der Waals surface area contributed by atoms with E-state index in [0.29, 0.717) is 6.54 Å². The fraction of sp³-hybridized carbons (Fsp3) is 0.391. The van der Waals surface area contributed by atoms with E-state index in [1.165, 1.54) is 17.3 Å². The van der Waals surface area contributed by atoms with Gasteiger partial charge in [-0.1, -0.05) is 35.9 Å². The number of hydrogen-bond acceptors (Lipinski definition) is 4. The molecule has 2 aromatic rings. The molecule has 1 unspecified atom stereocenters. The number of amides is 2. The summed E-state index contributed by atoms with van der Waals surface area (Å²) in [7, 11) is -3.85. The minimum Gasteiger partial charge on any atom is -0.340 e. The lowest BCUT2D eigenvalue weighted by Crippen LogP contribution is -2.51. The summed E-state index contributed by atoms with van der Waals surface area (Å²) >= 11 is 5.75. The van der Waals surface area contributed by atoms with Gasteiger partial charge in [0.1, 0.15) is 5.82 Å². The molecule has 0 radical (unpaired) electrons. The van der Waals surface area contributed by atoms with Crippen molar-refractivity contribution < 1.29 is 22.4 Å². The predicted octanol–water partition coefficient (Wildman–Crippen LogP) is 2.85. The lowest BCUT2D eigenvalue weighted by atomic mass is 9.90. The van der Waals surface area contributed by atoms with Gasteiger partial charge in [0, 0.05) is 39.6 Å². The highest BCUT2D eigenvalue weighted by Crippen LogP contribution is 2.33. The first-order chi connectivity index (χ1) is 15.7. The number of nitrogens with zero attached hydrogens (tertiary/aromatic N) is 3. The lowest BCUT2D eigenvalue weighted by molar-refractivity contribution is -0.137. The second-order valence-electron chi connectivity index (χ2n) is 8.24. The van der Waals surface area contributed by atoms with Crippen LogP contribution < -0.4 is 0 Å². The molecule has 0 bridgehead atoms. The van der Waals surface area contributed by atoms with Gasteiger partial charge in [-0.3, -0.25) is 9.59 Å². The molecule has 0 N–H and O–H groups in total. The molecule has 0 aromatic heterocycles. The van der Waals surface area contributed by atoms with Crippen molar-refractivity contribution in [1.82, 2.24) is 14.1 Å². The van der Waals surface area contributed by atoms with Crippen LogP contribution in [0.2, 0.25) is 5.02 Å². The first-order valence-electron chi connectivity index (χ1n) is 10.8. The molecule has 1 atom stereocenters. The van der Waals surface area contributed by atoms with Crippen molar-refractivity contribution in [2.75, 3.05) is 32.7 Å². The van der Waals surface area contributed by atoms with Crippen LogP contribution in [0.15, 0.2) is 47.4 Å². The van der Waals surface area contributed by atoms with Crippen molar-refractivity contribution >= 4 is 33.4 Å². The van der Waals surface area contributed by atoms with Gasteiger partial charge in [-0.05, 0) is 35.7 Å². The van der Waals surface area contributed by atoms with Crippen LogP contribution in [0.3, 0.4) is 0 Å². The van der Waals surface area contributed by atoms with Crippen molar-refractivity contribution in [2.24, 2.45) is 0 Å². The summed E-state index contributed by atoms with van der Waals surface area (Å²) in [5, 5.41) is -0.257. The zero-order valence-electron chi connectivity index (χ0n) is 18.2. The minimum atomic E-state index is -3.85. The van der Waals surface area contributed by atoms with Gasteiger partial charge in [0.05, 0.1) is 22.4 Å². The Morgan fingerprint density at radius 3 is 2.42 bits per heavy atom. The van der Waals surface area contributed by atoms with Crippen LogP contribution in [-0.2, 0) is 26.0 Å². The Kier molecular flexibility index (Phi) is 6.74. The van der Waals surface area contributed by atoms with Crippen molar-refractivity contribution in [3.8, 4) is 0 Å². The maximum atomic E-state index is 13.4. The van der Waals surface area contributed by atoms with E-state index in [1.807, 2.05) is 24.3 Å². The van der Waals surface area contributed by atoms with Crippen LogP contribution in [0, 0.1) is 5.82 Å². The van der Waals surface area contributed by atoms with Crippen molar-refractivity contribution in [1.29, 1.82) is 0 Å². The van der Waals surface area contributed by atoms with Crippen LogP contribution >= 0.6 is 11.6 Å². The maximum absolute atomic E-state index is 13.4. The maximum Gasteiger partial charge on any atom is 0.243 e. The molecule has 33 heavy (non-hydrogen) atoms. The first-order valence-corrected chi connectivity index (χ1v) is 12.6. The summed E-state index contributed by atoms with van der Waals surface area (Å²) in [4.78, 5) is 28.6. The topological polar surface area (TPSA) is 78.0 Å². The number of hydrogen-bond donors (Lipinski definition) is 0. The fourth-order valence-electron chi connectivity index (χ4n) is 4.51. The smallest absolute Gasteiger partial charge is 0.243 e. The number of fused-ring (bicyclic) bond motifs is 1. The zero-order chi connectivity index (χ0) is 23.8. The van der Waals surface area contributed by atoms with Gasteiger partial charge in [0.25, 0.3) is 0 Å². The monoisotopic (exact) mass is 493 g/mol. The van der Waals surface area contributed by atoms with Crippen LogP contribution in [0.1, 0.15) is 30.5 Å². The third kappa shape index (κ3) is 4.76. The second-order valence-corrected chi connectivity index (χ2v) is 10.6. The molecule has 7 nitrogen and oxygen atoms in total. The second kappa shape index (κ2) is 9.40. The van der Waals surface area contributed by atoms with E-state index in [0.717, 1.165) is 29.7 Å². The highest BCUT2D eigenvalue weighted by atomic mass is 35.5. The van der Waals surface area contributed by atoms with E-state index < -0.39 is 15.8 Å². The van der Waals surface area contributed by atoms with Crippen molar-refractivity contribution in [3.05, 3.63) is 64.4 Å². The van der Waals surface area contributed by atoms with Gasteiger partial charge < -0.3 is 9.80 Å². The lowest BCUT2D eigenvalue weighted by Gasteiger charge is -2.39. The van der Waals surface area contributed by atoms with Gasteiger partial charge in [-0.2, -0.15) is 4.31 Å². The Bertz CT molecular complexity index is 1180. The molecule has 2 aliphatic rings. The molecule has 0 saturated carbocycles. The molecule has 4 rings (SSSR count). The molecule has 1 fully saturated rings. The molecular weight excluding hydrogens is 469 g/mol. The number of carbonyl (C=O) groups excluding carboxylic acids is 2. The van der Waals surface area contributed by atoms with Gasteiger partial charge in [-0.25, -0.2) is 12.8 Å². The zero-order valence-corrected chi connectivity index (χ0v) is 19.8. The Hall–Kier alpha value is -2.49. The Morgan fingerprint density at radius 2 is 1.76 bits per heavy atom. The molecule has 2 aliphatic heterocycles. The number of halogens is 2. The van der Waals surface area contributed by atoms with Crippen molar-refractivity contribution in [2.45, 2.75) is 30.7 Å². The average molecular weight is 494 g/mol. The van der Waals surface area contributed by atoms with Gasteiger partial charge in [0.15, 0.2) is 0 Å². The molecule has 0 aliphatic carbocycles. The minimum absolute atomic E-state index is 0.0730. The van der Waals surface area contributed by atoms with Crippen LogP contribution in [0.5, 0.6) is 0 Å². The van der Waals surface area contributed by atoms with Gasteiger partial charge >= 0.3 is 0 Å². The van der Waals surface area contributed by atoms with Gasteiger partial charge in [0.2, 0.25) is 21.8 Å². The van der Waals surface area contributed by atoms with Gasteiger partial charge in [-0.15, -0.1) is 0 Å². The number of rotatable bonds is 4.